The molecule has 0 saturated carbocycles. The van der Waals surface area contributed by atoms with Gasteiger partial charge in [-0.2, -0.15) is 13.2 Å². The summed E-state index contributed by atoms with van der Waals surface area (Å²) in [5, 5.41) is 0. The van der Waals surface area contributed by atoms with Crippen molar-refractivity contribution in [1.82, 2.24) is 0 Å². The molecule has 0 aliphatic heterocycles. The monoisotopic (exact) mass is 372 g/mol. The van der Waals surface area contributed by atoms with Gasteiger partial charge < -0.3 is 14.2 Å². The highest BCUT2D eigenvalue weighted by atomic mass is 19.4. The molecule has 142 valence electrons. The normalized spacial score (nSPS) is 11.0. The first-order chi connectivity index (χ1) is 12.0. The smallest absolute Gasteiger partial charge is 0.416 e. The molecule has 0 saturated heterocycles. The molecule has 0 atom stereocenters. The van der Waals surface area contributed by atoms with Crippen molar-refractivity contribution in [3.8, 4) is 5.75 Å². The molecule has 0 amide bonds. The predicted molar refractivity (Wildman–Crippen MR) is 87.4 cm³/mol. The zero-order valence-electron chi connectivity index (χ0n) is 14.4. The van der Waals surface area contributed by atoms with Crippen LogP contribution < -0.4 is 4.74 Å². The van der Waals surface area contributed by atoms with Gasteiger partial charge in [0.25, 0.3) is 0 Å². The van der Waals surface area contributed by atoms with Gasteiger partial charge in [0.2, 0.25) is 0 Å². The van der Waals surface area contributed by atoms with E-state index in [0.717, 1.165) is 24.3 Å². The first-order valence-corrected chi connectivity index (χ1v) is 7.50. The topological polar surface area (TPSA) is 61.8 Å². The van der Waals surface area contributed by atoms with E-state index in [1.165, 1.54) is 13.8 Å². The van der Waals surface area contributed by atoms with Crippen LogP contribution in [0.2, 0.25) is 0 Å². The summed E-state index contributed by atoms with van der Waals surface area (Å²) in [5.74, 6) is -1.24. The number of carbonyl (C=O) groups is 2. The van der Waals surface area contributed by atoms with Gasteiger partial charge in [0.1, 0.15) is 19.0 Å². The second-order valence-corrected chi connectivity index (χ2v) is 5.52. The van der Waals surface area contributed by atoms with Gasteiger partial charge in [0, 0.05) is 11.1 Å². The Balaban J connectivity index is 2.79. The average Bonchev–Trinajstić information content (AvgIpc) is 2.55. The van der Waals surface area contributed by atoms with Crippen LogP contribution in [0.3, 0.4) is 0 Å². The highest BCUT2D eigenvalue weighted by Crippen LogP contribution is 2.30. The number of hydrogen-bond acceptors (Lipinski definition) is 5. The number of carbonyl (C=O) groups excluding carboxylic acids is 2. The lowest BCUT2D eigenvalue weighted by Crippen LogP contribution is -2.31. The molecule has 26 heavy (non-hydrogen) atoms. The molecule has 1 aromatic carbocycles. The van der Waals surface area contributed by atoms with Crippen LogP contribution in [-0.2, 0) is 25.2 Å². The first-order valence-electron chi connectivity index (χ1n) is 7.50. The molecular weight excluding hydrogens is 353 g/mol. The minimum absolute atomic E-state index is 0.0979. The van der Waals surface area contributed by atoms with E-state index in [2.05, 4.69) is 13.2 Å². The predicted octanol–water partition coefficient (Wildman–Crippen LogP) is 3.69. The summed E-state index contributed by atoms with van der Waals surface area (Å²) in [6.45, 7) is 9.20. The average molecular weight is 372 g/mol. The van der Waals surface area contributed by atoms with E-state index in [1.807, 2.05) is 0 Å². The maximum absolute atomic E-state index is 12.6. The molecule has 1 rings (SSSR count). The fourth-order valence-corrected chi connectivity index (χ4v) is 1.61. The molecule has 1 aromatic rings. The maximum Gasteiger partial charge on any atom is 0.416 e. The summed E-state index contributed by atoms with van der Waals surface area (Å²) in [6, 6.07) is 3.95. The summed E-state index contributed by atoms with van der Waals surface area (Å²) in [7, 11) is 0. The van der Waals surface area contributed by atoms with Gasteiger partial charge in [-0.1, -0.05) is 13.2 Å². The highest BCUT2D eigenvalue weighted by molar-refractivity contribution is 5.87. The third kappa shape index (κ3) is 7.00. The van der Waals surface area contributed by atoms with Crippen LogP contribution in [0.5, 0.6) is 5.75 Å². The molecule has 0 unspecified atom stereocenters. The number of ether oxygens (including phenoxy) is 3. The molecule has 0 spiro atoms. The zero-order chi connectivity index (χ0) is 19.9. The van der Waals surface area contributed by atoms with E-state index in [0.29, 0.717) is 0 Å². The van der Waals surface area contributed by atoms with Crippen molar-refractivity contribution in [2.75, 3.05) is 13.2 Å². The van der Waals surface area contributed by atoms with E-state index in [9.17, 15) is 22.8 Å². The Kier molecular flexibility index (Phi) is 7.42. The second kappa shape index (κ2) is 9.07. The van der Waals surface area contributed by atoms with Crippen LogP contribution in [0.4, 0.5) is 13.2 Å². The van der Waals surface area contributed by atoms with E-state index < -0.39 is 29.8 Å². The molecule has 0 heterocycles. The molecule has 0 radical (unpaired) electrons. The van der Waals surface area contributed by atoms with Gasteiger partial charge in [-0.05, 0) is 38.1 Å². The van der Waals surface area contributed by atoms with Crippen LogP contribution in [0.25, 0.3) is 0 Å². The van der Waals surface area contributed by atoms with Gasteiger partial charge in [0.15, 0.2) is 6.10 Å². The van der Waals surface area contributed by atoms with Crippen LogP contribution in [0.15, 0.2) is 48.6 Å². The number of esters is 2. The molecule has 8 heteroatoms. The van der Waals surface area contributed by atoms with E-state index >= 15 is 0 Å². The lowest BCUT2D eigenvalue weighted by molar-refractivity contribution is -0.146. The molecular formula is C18H19F3O5. The molecule has 0 aromatic heterocycles. The summed E-state index contributed by atoms with van der Waals surface area (Å²) < 4.78 is 53.1. The van der Waals surface area contributed by atoms with Gasteiger partial charge in [-0.15, -0.1) is 0 Å². The minimum atomic E-state index is -4.47. The van der Waals surface area contributed by atoms with E-state index in [1.54, 1.807) is 0 Å². The summed E-state index contributed by atoms with van der Waals surface area (Å²) >= 11 is 0. The standard InChI is InChI=1S/C18H19F3O5/c1-11(2)16(22)24-9-15(10-25-17(23)12(3)4)26-14-7-5-13(6-8-14)18(19,20)21/h5-8,15H,1,3,9-10H2,2,4H3. The number of alkyl halides is 3. The summed E-state index contributed by atoms with van der Waals surface area (Å²) in [5.41, 5.74) is -0.502. The van der Waals surface area contributed by atoms with Crippen molar-refractivity contribution in [1.29, 1.82) is 0 Å². The molecule has 0 bridgehead atoms. The minimum Gasteiger partial charge on any atom is -0.483 e. The molecule has 0 fully saturated rings. The van der Waals surface area contributed by atoms with Crippen LogP contribution in [-0.4, -0.2) is 31.3 Å². The van der Waals surface area contributed by atoms with Crippen molar-refractivity contribution in [3.63, 3.8) is 0 Å². The van der Waals surface area contributed by atoms with Crippen molar-refractivity contribution in [2.24, 2.45) is 0 Å². The number of hydrogen-bond donors (Lipinski definition) is 0. The number of benzene rings is 1. The Morgan fingerprint density at radius 3 is 1.73 bits per heavy atom. The van der Waals surface area contributed by atoms with Gasteiger partial charge in [-0.25, -0.2) is 9.59 Å². The van der Waals surface area contributed by atoms with Crippen molar-refractivity contribution < 1.29 is 37.0 Å². The molecule has 0 aliphatic carbocycles. The van der Waals surface area contributed by atoms with Crippen molar-refractivity contribution >= 4 is 11.9 Å². The van der Waals surface area contributed by atoms with E-state index in [-0.39, 0.29) is 30.1 Å². The van der Waals surface area contributed by atoms with E-state index in [4.69, 9.17) is 14.2 Å². The fraction of sp³-hybridized carbons (Fsp3) is 0.333. The van der Waals surface area contributed by atoms with Crippen molar-refractivity contribution in [3.05, 3.63) is 54.1 Å². The summed E-state index contributed by atoms with van der Waals surface area (Å²) in [4.78, 5) is 23.0. The molecule has 5 nitrogen and oxygen atoms in total. The lowest BCUT2D eigenvalue weighted by atomic mass is 10.2. The Bertz CT molecular complexity index is 647. The Labute approximate surface area is 149 Å². The quantitative estimate of drug-likeness (QED) is 0.514. The number of rotatable bonds is 8. The third-order valence-electron chi connectivity index (χ3n) is 2.98. The van der Waals surface area contributed by atoms with Gasteiger partial charge in [0.05, 0.1) is 5.56 Å². The SMILES string of the molecule is C=C(C)C(=O)OCC(COC(=O)C(=C)C)Oc1ccc(C(F)(F)F)cc1. The van der Waals surface area contributed by atoms with Gasteiger partial charge in [-0.3, -0.25) is 0 Å². The number of halogens is 3. The highest BCUT2D eigenvalue weighted by Gasteiger charge is 2.30. The largest absolute Gasteiger partial charge is 0.483 e. The van der Waals surface area contributed by atoms with Gasteiger partial charge >= 0.3 is 18.1 Å². The Hall–Kier alpha value is -2.77. The third-order valence-corrected chi connectivity index (χ3v) is 2.98. The van der Waals surface area contributed by atoms with Crippen LogP contribution in [0.1, 0.15) is 19.4 Å². The fourth-order valence-electron chi connectivity index (χ4n) is 1.61. The lowest BCUT2D eigenvalue weighted by Gasteiger charge is -2.19. The van der Waals surface area contributed by atoms with Crippen molar-refractivity contribution in [2.45, 2.75) is 26.1 Å². The van der Waals surface area contributed by atoms with Crippen LogP contribution >= 0.6 is 0 Å². The zero-order valence-corrected chi connectivity index (χ0v) is 14.4. The van der Waals surface area contributed by atoms with Crippen LogP contribution in [0, 0.1) is 0 Å². The molecule has 0 N–H and O–H groups in total. The maximum atomic E-state index is 12.6. The Morgan fingerprint density at radius 1 is 0.962 bits per heavy atom. The first kappa shape index (κ1) is 21.3. The second-order valence-electron chi connectivity index (χ2n) is 5.52. The summed E-state index contributed by atoms with van der Waals surface area (Å²) in [6.07, 6.45) is -5.38. The molecule has 0 aliphatic rings. The Morgan fingerprint density at radius 2 is 1.38 bits per heavy atom.